The van der Waals surface area contributed by atoms with Crippen LogP contribution in [0.4, 0.5) is 5.69 Å². The summed E-state index contributed by atoms with van der Waals surface area (Å²) in [6.07, 6.45) is 0. The van der Waals surface area contributed by atoms with E-state index in [-0.39, 0.29) is 0 Å². The highest BCUT2D eigenvalue weighted by atomic mass is 16.5. The van der Waals surface area contributed by atoms with Gasteiger partial charge in [0.15, 0.2) is 0 Å². The molecule has 0 amide bonds. The summed E-state index contributed by atoms with van der Waals surface area (Å²) in [6, 6.07) is 6.26. The molecule has 0 heterocycles. The van der Waals surface area contributed by atoms with Gasteiger partial charge in [-0.1, -0.05) is 13.8 Å². The number of nitrogens with one attached hydrogen (secondary N) is 2. The van der Waals surface area contributed by atoms with Crippen LogP contribution >= 0.6 is 0 Å². The van der Waals surface area contributed by atoms with Gasteiger partial charge in [0.2, 0.25) is 0 Å². The van der Waals surface area contributed by atoms with Crippen LogP contribution in [0.15, 0.2) is 18.2 Å². The first-order valence-electron chi connectivity index (χ1n) is 5.86. The third kappa shape index (κ3) is 4.53. The molecule has 0 aliphatic rings. The molecule has 2 N–H and O–H groups in total. The van der Waals surface area contributed by atoms with Crippen molar-refractivity contribution in [1.29, 1.82) is 0 Å². The predicted octanol–water partition coefficient (Wildman–Crippen LogP) is 2.11. The Morgan fingerprint density at radius 3 is 2.47 bits per heavy atom. The molecule has 1 aromatic rings. The van der Waals surface area contributed by atoms with Crippen LogP contribution in [0.2, 0.25) is 0 Å². The first-order chi connectivity index (χ1) is 8.17. The largest absolute Gasteiger partial charge is 0.497 e. The highest BCUT2D eigenvalue weighted by Crippen LogP contribution is 2.28. The lowest BCUT2D eigenvalue weighted by molar-refractivity contribution is 0.395. The Morgan fingerprint density at radius 1 is 1.12 bits per heavy atom. The minimum atomic E-state index is 0.509. The zero-order chi connectivity index (χ0) is 12.7. The Bertz CT molecular complexity index is 340. The molecule has 96 valence electrons. The molecular weight excluding hydrogens is 216 g/mol. The predicted molar refractivity (Wildman–Crippen MR) is 71.2 cm³/mol. The number of rotatable bonds is 7. The summed E-state index contributed by atoms with van der Waals surface area (Å²) >= 11 is 0. The van der Waals surface area contributed by atoms with E-state index in [1.165, 1.54) is 0 Å². The van der Waals surface area contributed by atoms with Crippen molar-refractivity contribution in [3.63, 3.8) is 0 Å². The van der Waals surface area contributed by atoms with Gasteiger partial charge in [-0.3, -0.25) is 0 Å². The van der Waals surface area contributed by atoms with Gasteiger partial charge in [-0.15, -0.1) is 0 Å². The van der Waals surface area contributed by atoms with Crippen molar-refractivity contribution in [2.24, 2.45) is 0 Å². The molecule has 1 rings (SSSR count). The van der Waals surface area contributed by atoms with Crippen LogP contribution in [-0.2, 0) is 0 Å². The number of benzene rings is 1. The van der Waals surface area contributed by atoms with E-state index >= 15 is 0 Å². The van der Waals surface area contributed by atoms with E-state index in [1.54, 1.807) is 14.2 Å². The number of ether oxygens (including phenoxy) is 2. The van der Waals surface area contributed by atoms with E-state index < -0.39 is 0 Å². The van der Waals surface area contributed by atoms with Crippen molar-refractivity contribution in [3.05, 3.63) is 18.2 Å². The molecule has 1 aromatic carbocycles. The molecule has 0 saturated heterocycles. The normalized spacial score (nSPS) is 10.4. The van der Waals surface area contributed by atoms with Crippen molar-refractivity contribution in [2.45, 2.75) is 19.9 Å². The molecule has 0 atom stereocenters. The zero-order valence-electron chi connectivity index (χ0n) is 11.0. The Hall–Kier alpha value is -1.42. The number of hydrogen-bond acceptors (Lipinski definition) is 4. The molecule has 4 nitrogen and oxygen atoms in total. The van der Waals surface area contributed by atoms with Gasteiger partial charge in [-0.25, -0.2) is 0 Å². The van der Waals surface area contributed by atoms with Crippen molar-refractivity contribution in [1.82, 2.24) is 5.32 Å². The summed E-state index contributed by atoms with van der Waals surface area (Å²) in [7, 11) is 3.31. The molecule has 17 heavy (non-hydrogen) atoms. The molecule has 0 aromatic heterocycles. The van der Waals surface area contributed by atoms with Gasteiger partial charge in [0, 0.05) is 25.2 Å². The number of hydrogen-bond donors (Lipinski definition) is 2. The van der Waals surface area contributed by atoms with E-state index in [0.717, 1.165) is 30.3 Å². The van der Waals surface area contributed by atoms with Gasteiger partial charge in [-0.2, -0.15) is 0 Å². The van der Waals surface area contributed by atoms with Gasteiger partial charge in [0.25, 0.3) is 0 Å². The highest BCUT2D eigenvalue weighted by molar-refractivity contribution is 5.59. The second-order valence-electron chi connectivity index (χ2n) is 4.10. The maximum atomic E-state index is 5.30. The van der Waals surface area contributed by atoms with Gasteiger partial charge in [0.1, 0.15) is 11.5 Å². The molecule has 0 aliphatic carbocycles. The summed E-state index contributed by atoms with van der Waals surface area (Å²) < 4.78 is 10.5. The number of methoxy groups -OCH3 is 2. The van der Waals surface area contributed by atoms with Crippen LogP contribution in [0.5, 0.6) is 11.5 Å². The molecule has 0 spiro atoms. The molecule has 0 aliphatic heterocycles. The smallest absolute Gasteiger partial charge is 0.145 e. The fourth-order valence-electron chi connectivity index (χ4n) is 1.50. The van der Waals surface area contributed by atoms with Gasteiger partial charge in [0.05, 0.1) is 19.9 Å². The summed E-state index contributed by atoms with van der Waals surface area (Å²) in [5.41, 5.74) is 0.985. The minimum Gasteiger partial charge on any atom is -0.497 e. The van der Waals surface area contributed by atoms with E-state index in [0.29, 0.717) is 6.04 Å². The first kappa shape index (κ1) is 13.6. The van der Waals surface area contributed by atoms with Gasteiger partial charge in [-0.05, 0) is 12.1 Å². The maximum absolute atomic E-state index is 5.30. The van der Waals surface area contributed by atoms with E-state index in [4.69, 9.17) is 9.47 Å². The molecule has 4 heteroatoms. The van der Waals surface area contributed by atoms with E-state index in [9.17, 15) is 0 Å². The summed E-state index contributed by atoms with van der Waals surface area (Å²) in [5.74, 6) is 1.60. The lowest BCUT2D eigenvalue weighted by atomic mass is 10.2. The molecule has 0 radical (unpaired) electrons. The minimum absolute atomic E-state index is 0.509. The lowest BCUT2D eigenvalue weighted by Crippen LogP contribution is -2.28. The average Bonchev–Trinajstić information content (AvgIpc) is 2.34. The monoisotopic (exact) mass is 238 g/mol. The van der Waals surface area contributed by atoms with Crippen molar-refractivity contribution in [2.75, 3.05) is 32.6 Å². The third-order valence-electron chi connectivity index (χ3n) is 2.40. The topological polar surface area (TPSA) is 42.5 Å². The summed E-state index contributed by atoms with van der Waals surface area (Å²) in [4.78, 5) is 0. The average molecular weight is 238 g/mol. The van der Waals surface area contributed by atoms with Crippen molar-refractivity contribution < 1.29 is 9.47 Å². The Balaban J connectivity index is 2.52. The van der Waals surface area contributed by atoms with Crippen molar-refractivity contribution >= 4 is 5.69 Å². The lowest BCUT2D eigenvalue weighted by Gasteiger charge is -2.13. The van der Waals surface area contributed by atoms with Crippen LogP contribution in [0, 0.1) is 0 Å². The maximum Gasteiger partial charge on any atom is 0.145 e. The van der Waals surface area contributed by atoms with Gasteiger partial charge < -0.3 is 20.1 Å². The van der Waals surface area contributed by atoms with Crippen LogP contribution < -0.4 is 20.1 Å². The first-order valence-corrected chi connectivity index (χ1v) is 5.86. The summed E-state index contributed by atoms with van der Waals surface area (Å²) in [6.45, 7) is 6.05. The zero-order valence-corrected chi connectivity index (χ0v) is 11.0. The van der Waals surface area contributed by atoms with Crippen LogP contribution in [-0.4, -0.2) is 33.4 Å². The molecule has 0 saturated carbocycles. The second kappa shape index (κ2) is 7.01. The standard InChI is InChI=1S/C13H22N2O2/c1-10(2)14-7-8-15-12-6-5-11(16-3)9-13(12)17-4/h5-6,9-10,14-15H,7-8H2,1-4H3. The molecule has 0 fully saturated rings. The Morgan fingerprint density at radius 2 is 1.88 bits per heavy atom. The van der Waals surface area contributed by atoms with E-state index in [1.807, 2.05) is 18.2 Å². The highest BCUT2D eigenvalue weighted by Gasteiger charge is 2.03. The number of anilines is 1. The molecular formula is C13H22N2O2. The quantitative estimate of drug-likeness (QED) is 0.714. The summed E-state index contributed by atoms with van der Waals surface area (Å²) in [5, 5.41) is 6.68. The van der Waals surface area contributed by atoms with Crippen LogP contribution in [0.1, 0.15) is 13.8 Å². The third-order valence-corrected chi connectivity index (χ3v) is 2.40. The fraction of sp³-hybridized carbons (Fsp3) is 0.538. The molecule has 0 unspecified atom stereocenters. The second-order valence-corrected chi connectivity index (χ2v) is 4.10. The Labute approximate surface area is 103 Å². The molecule has 0 bridgehead atoms. The Kier molecular flexibility index (Phi) is 5.63. The van der Waals surface area contributed by atoms with Crippen molar-refractivity contribution in [3.8, 4) is 11.5 Å². The SMILES string of the molecule is COc1ccc(NCCNC(C)C)c(OC)c1. The van der Waals surface area contributed by atoms with Gasteiger partial charge >= 0.3 is 0 Å². The van der Waals surface area contributed by atoms with Crippen LogP contribution in [0.3, 0.4) is 0 Å². The van der Waals surface area contributed by atoms with Crippen LogP contribution in [0.25, 0.3) is 0 Å². The van der Waals surface area contributed by atoms with E-state index in [2.05, 4.69) is 24.5 Å². The fourth-order valence-corrected chi connectivity index (χ4v) is 1.50.